The highest BCUT2D eigenvalue weighted by Gasteiger charge is 2.18. The molecule has 0 aromatic heterocycles. The van der Waals surface area contributed by atoms with Crippen LogP contribution in [0.4, 0.5) is 0 Å². The standard InChI is InChI=1S/C13H18O/c1-9-5-12-4-3-11(10(2)8-14)7-13(12)6-9/h3-4,7,9-10,14H,5-6,8H2,1-2H3. The minimum atomic E-state index is 0.244. The van der Waals surface area contributed by atoms with E-state index in [0.29, 0.717) is 0 Å². The van der Waals surface area contributed by atoms with Crippen molar-refractivity contribution in [3.8, 4) is 0 Å². The Kier molecular flexibility index (Phi) is 2.60. The van der Waals surface area contributed by atoms with Crippen LogP contribution >= 0.6 is 0 Å². The quantitative estimate of drug-likeness (QED) is 0.759. The first-order valence-corrected chi connectivity index (χ1v) is 5.43. The third-order valence-corrected chi connectivity index (χ3v) is 3.21. The van der Waals surface area contributed by atoms with Crippen molar-refractivity contribution in [1.82, 2.24) is 0 Å². The van der Waals surface area contributed by atoms with Crippen molar-refractivity contribution in [3.63, 3.8) is 0 Å². The van der Waals surface area contributed by atoms with Crippen molar-refractivity contribution in [2.45, 2.75) is 32.6 Å². The number of fused-ring (bicyclic) bond motifs is 1. The highest BCUT2D eigenvalue weighted by molar-refractivity contribution is 5.37. The predicted octanol–water partition coefficient (Wildman–Crippen LogP) is 2.52. The highest BCUT2D eigenvalue weighted by atomic mass is 16.3. The van der Waals surface area contributed by atoms with Crippen LogP contribution in [-0.4, -0.2) is 11.7 Å². The molecule has 0 fully saturated rings. The first-order valence-electron chi connectivity index (χ1n) is 5.43. The summed E-state index contributed by atoms with van der Waals surface area (Å²) in [5.74, 6) is 1.07. The van der Waals surface area contributed by atoms with Gasteiger partial charge in [-0.25, -0.2) is 0 Å². The molecular weight excluding hydrogens is 172 g/mol. The smallest absolute Gasteiger partial charge is 0.0497 e. The van der Waals surface area contributed by atoms with Crippen LogP contribution in [0.5, 0.6) is 0 Å². The molecule has 0 heterocycles. The number of benzene rings is 1. The molecule has 0 saturated carbocycles. The van der Waals surface area contributed by atoms with E-state index in [0.717, 1.165) is 5.92 Å². The molecule has 14 heavy (non-hydrogen) atoms. The fraction of sp³-hybridized carbons (Fsp3) is 0.538. The zero-order valence-electron chi connectivity index (χ0n) is 8.96. The van der Waals surface area contributed by atoms with Crippen LogP contribution < -0.4 is 0 Å². The maximum atomic E-state index is 9.09. The Hall–Kier alpha value is -0.820. The summed E-state index contributed by atoms with van der Waals surface area (Å²) < 4.78 is 0. The molecule has 1 N–H and O–H groups in total. The van der Waals surface area contributed by atoms with Crippen LogP contribution in [-0.2, 0) is 12.8 Å². The second-order valence-electron chi connectivity index (χ2n) is 4.63. The number of hydrogen-bond acceptors (Lipinski definition) is 1. The molecule has 1 aromatic carbocycles. The molecular formula is C13H18O. The lowest BCUT2D eigenvalue weighted by atomic mass is 9.98. The lowest BCUT2D eigenvalue weighted by Crippen LogP contribution is -1.99. The van der Waals surface area contributed by atoms with Gasteiger partial charge >= 0.3 is 0 Å². The van der Waals surface area contributed by atoms with E-state index in [1.54, 1.807) is 0 Å². The lowest BCUT2D eigenvalue weighted by molar-refractivity contribution is 0.273. The van der Waals surface area contributed by atoms with Gasteiger partial charge in [0.05, 0.1) is 0 Å². The Morgan fingerprint density at radius 1 is 1.36 bits per heavy atom. The normalized spacial score (nSPS) is 22.1. The molecule has 1 aliphatic rings. The molecule has 76 valence electrons. The summed E-state index contributed by atoms with van der Waals surface area (Å²) >= 11 is 0. The van der Waals surface area contributed by atoms with Gasteiger partial charge in [-0.3, -0.25) is 0 Å². The molecule has 0 amide bonds. The summed E-state index contributed by atoms with van der Waals surface area (Å²) in [7, 11) is 0. The van der Waals surface area contributed by atoms with Gasteiger partial charge in [0.2, 0.25) is 0 Å². The largest absolute Gasteiger partial charge is 0.396 e. The van der Waals surface area contributed by atoms with Gasteiger partial charge in [-0.1, -0.05) is 32.0 Å². The van der Waals surface area contributed by atoms with Crippen molar-refractivity contribution in [2.75, 3.05) is 6.61 Å². The molecule has 0 radical (unpaired) electrons. The van der Waals surface area contributed by atoms with Crippen LogP contribution in [0.2, 0.25) is 0 Å². The Bertz CT molecular complexity index is 330. The van der Waals surface area contributed by atoms with E-state index < -0.39 is 0 Å². The van der Waals surface area contributed by atoms with E-state index in [4.69, 9.17) is 5.11 Å². The maximum Gasteiger partial charge on any atom is 0.0497 e. The van der Waals surface area contributed by atoms with E-state index in [2.05, 4.69) is 32.0 Å². The van der Waals surface area contributed by atoms with E-state index in [1.807, 2.05) is 0 Å². The average molecular weight is 190 g/mol. The topological polar surface area (TPSA) is 20.2 Å². The molecule has 0 saturated heterocycles. The van der Waals surface area contributed by atoms with Crippen LogP contribution in [0, 0.1) is 5.92 Å². The van der Waals surface area contributed by atoms with Crippen molar-refractivity contribution in [3.05, 3.63) is 34.9 Å². The van der Waals surface area contributed by atoms with Gasteiger partial charge in [0.25, 0.3) is 0 Å². The summed E-state index contributed by atoms with van der Waals surface area (Å²) in [5.41, 5.74) is 4.28. The first kappa shape index (κ1) is 9.72. The van der Waals surface area contributed by atoms with Crippen molar-refractivity contribution >= 4 is 0 Å². The molecule has 1 aliphatic carbocycles. The van der Waals surface area contributed by atoms with Gasteiger partial charge in [0.1, 0.15) is 0 Å². The first-order chi connectivity index (χ1) is 6.70. The van der Waals surface area contributed by atoms with E-state index in [1.165, 1.54) is 29.5 Å². The van der Waals surface area contributed by atoms with Crippen LogP contribution in [0.25, 0.3) is 0 Å². The lowest BCUT2D eigenvalue weighted by Gasteiger charge is -2.09. The molecule has 1 nitrogen and oxygen atoms in total. The Balaban J connectivity index is 2.28. The zero-order valence-corrected chi connectivity index (χ0v) is 8.96. The molecule has 0 aliphatic heterocycles. The summed E-state index contributed by atoms with van der Waals surface area (Å²) in [5, 5.41) is 9.09. The van der Waals surface area contributed by atoms with E-state index in [9.17, 15) is 0 Å². The van der Waals surface area contributed by atoms with Gasteiger partial charge < -0.3 is 5.11 Å². The third kappa shape index (κ3) is 1.69. The van der Waals surface area contributed by atoms with Crippen LogP contribution in [0.1, 0.15) is 36.5 Å². The fourth-order valence-corrected chi connectivity index (χ4v) is 2.27. The third-order valence-electron chi connectivity index (χ3n) is 3.21. The average Bonchev–Trinajstić information content (AvgIpc) is 2.55. The number of aliphatic hydroxyl groups is 1. The van der Waals surface area contributed by atoms with Crippen LogP contribution in [0.3, 0.4) is 0 Å². The van der Waals surface area contributed by atoms with E-state index >= 15 is 0 Å². The molecule has 2 rings (SSSR count). The van der Waals surface area contributed by atoms with Crippen LogP contribution in [0.15, 0.2) is 18.2 Å². The van der Waals surface area contributed by atoms with Crippen molar-refractivity contribution < 1.29 is 5.11 Å². The number of hydrogen-bond donors (Lipinski definition) is 1. The van der Waals surface area contributed by atoms with Gasteiger partial charge in [-0.05, 0) is 35.4 Å². The summed E-state index contributed by atoms with van der Waals surface area (Å²) in [4.78, 5) is 0. The number of rotatable bonds is 2. The summed E-state index contributed by atoms with van der Waals surface area (Å²) in [6.07, 6.45) is 2.43. The second kappa shape index (κ2) is 3.74. The minimum Gasteiger partial charge on any atom is -0.396 e. The minimum absolute atomic E-state index is 0.244. The zero-order chi connectivity index (χ0) is 10.1. The SMILES string of the molecule is CC1Cc2ccc(C(C)CO)cc2C1. The second-order valence-corrected chi connectivity index (χ2v) is 4.63. The van der Waals surface area contributed by atoms with E-state index in [-0.39, 0.29) is 12.5 Å². The molecule has 2 unspecified atom stereocenters. The Morgan fingerprint density at radius 3 is 2.79 bits per heavy atom. The summed E-state index contributed by atoms with van der Waals surface area (Å²) in [6.45, 7) is 4.61. The van der Waals surface area contributed by atoms with Crippen molar-refractivity contribution in [2.24, 2.45) is 5.92 Å². The summed E-state index contributed by atoms with van der Waals surface area (Å²) in [6, 6.07) is 6.68. The van der Waals surface area contributed by atoms with Crippen molar-refractivity contribution in [1.29, 1.82) is 0 Å². The monoisotopic (exact) mass is 190 g/mol. The van der Waals surface area contributed by atoms with Gasteiger partial charge in [0, 0.05) is 12.5 Å². The predicted molar refractivity (Wildman–Crippen MR) is 58.5 cm³/mol. The maximum absolute atomic E-state index is 9.09. The number of aliphatic hydroxyl groups excluding tert-OH is 1. The molecule has 0 spiro atoms. The van der Waals surface area contributed by atoms with Gasteiger partial charge in [-0.2, -0.15) is 0 Å². The molecule has 1 heteroatoms. The molecule has 1 aromatic rings. The Morgan fingerprint density at radius 2 is 2.07 bits per heavy atom. The van der Waals surface area contributed by atoms with Gasteiger partial charge in [0.15, 0.2) is 0 Å². The van der Waals surface area contributed by atoms with Gasteiger partial charge in [-0.15, -0.1) is 0 Å². The molecule has 2 atom stereocenters. The highest BCUT2D eigenvalue weighted by Crippen LogP contribution is 2.29. The fourth-order valence-electron chi connectivity index (χ4n) is 2.27. The molecule has 0 bridgehead atoms. The Labute approximate surface area is 85.8 Å².